The summed E-state index contributed by atoms with van der Waals surface area (Å²) in [6.45, 7) is 2.06. The molecule has 1 amide bonds. The molecule has 2 atom stereocenters. The number of nitrogens with one attached hydrogen (secondary N) is 1. The fourth-order valence-corrected chi connectivity index (χ4v) is 4.73. The van der Waals surface area contributed by atoms with E-state index >= 15 is 0 Å². The first-order valence-electron chi connectivity index (χ1n) is 7.62. The predicted molar refractivity (Wildman–Crippen MR) is 84.8 cm³/mol. The maximum Gasteiger partial charge on any atom is 0.237 e. The van der Waals surface area contributed by atoms with Gasteiger partial charge in [-0.15, -0.1) is 0 Å². The molecule has 108 valence electrons. The summed E-state index contributed by atoms with van der Waals surface area (Å²) in [5.74, 6) is 0.177. The molecule has 1 aromatic carbocycles. The molecule has 3 rings (SSSR count). The van der Waals surface area contributed by atoms with Crippen LogP contribution >= 0.6 is 15.9 Å². The quantitative estimate of drug-likeness (QED) is 0.817. The molecule has 0 bridgehead atoms. The van der Waals surface area contributed by atoms with Crippen LogP contribution in [0.4, 0.5) is 0 Å². The van der Waals surface area contributed by atoms with E-state index in [0.717, 1.165) is 12.0 Å². The number of rotatable bonds is 3. The monoisotopic (exact) mass is 335 g/mol. The average Bonchev–Trinajstić information content (AvgIpc) is 3.05. The second-order valence-corrected chi connectivity index (χ2v) is 7.78. The SMILES string of the molecule is C[C@H](NC(=O)[C@@]1(Br)CC12CCCCC2)c1ccccc1. The Kier molecular flexibility index (Phi) is 3.65. The Hall–Kier alpha value is -0.830. The summed E-state index contributed by atoms with van der Waals surface area (Å²) >= 11 is 3.76. The van der Waals surface area contributed by atoms with Crippen molar-refractivity contribution in [2.75, 3.05) is 0 Å². The van der Waals surface area contributed by atoms with Gasteiger partial charge in [-0.05, 0) is 37.2 Å². The molecular formula is C17H22BrNO. The Balaban J connectivity index is 1.65. The molecule has 2 nitrogen and oxygen atoms in total. The zero-order valence-electron chi connectivity index (χ0n) is 12.0. The van der Waals surface area contributed by atoms with Crippen molar-refractivity contribution >= 4 is 21.8 Å². The zero-order chi connectivity index (χ0) is 14.2. The minimum Gasteiger partial charge on any atom is -0.348 e. The molecule has 0 aromatic heterocycles. The molecule has 2 aliphatic rings. The van der Waals surface area contributed by atoms with Crippen LogP contribution in [-0.4, -0.2) is 10.2 Å². The molecule has 0 radical (unpaired) electrons. The van der Waals surface area contributed by atoms with E-state index in [4.69, 9.17) is 0 Å². The number of carbonyl (C=O) groups excluding carboxylic acids is 1. The van der Waals surface area contributed by atoms with Crippen LogP contribution in [0.1, 0.15) is 57.1 Å². The Morgan fingerprint density at radius 1 is 1.20 bits per heavy atom. The smallest absolute Gasteiger partial charge is 0.237 e. The van der Waals surface area contributed by atoms with Gasteiger partial charge in [0.05, 0.1) is 6.04 Å². The number of amides is 1. The Labute approximate surface area is 129 Å². The molecule has 2 saturated carbocycles. The fraction of sp³-hybridized carbons (Fsp3) is 0.588. The van der Waals surface area contributed by atoms with Crippen LogP contribution in [0.2, 0.25) is 0 Å². The average molecular weight is 336 g/mol. The van der Waals surface area contributed by atoms with E-state index in [0.29, 0.717) is 0 Å². The van der Waals surface area contributed by atoms with Crippen LogP contribution < -0.4 is 5.32 Å². The van der Waals surface area contributed by atoms with Crippen molar-refractivity contribution < 1.29 is 4.79 Å². The van der Waals surface area contributed by atoms with E-state index < -0.39 is 0 Å². The zero-order valence-corrected chi connectivity index (χ0v) is 13.6. The van der Waals surface area contributed by atoms with Gasteiger partial charge in [-0.3, -0.25) is 4.79 Å². The lowest BCUT2D eigenvalue weighted by molar-refractivity contribution is -0.122. The van der Waals surface area contributed by atoms with E-state index in [-0.39, 0.29) is 21.7 Å². The van der Waals surface area contributed by atoms with Crippen molar-refractivity contribution in [2.45, 2.75) is 55.8 Å². The van der Waals surface area contributed by atoms with E-state index in [2.05, 4.69) is 40.3 Å². The van der Waals surface area contributed by atoms with Gasteiger partial charge in [-0.1, -0.05) is 65.5 Å². The van der Waals surface area contributed by atoms with E-state index in [1.807, 2.05) is 18.2 Å². The molecular weight excluding hydrogens is 314 g/mol. The number of benzene rings is 1. The van der Waals surface area contributed by atoms with E-state index in [1.54, 1.807) is 0 Å². The third kappa shape index (κ3) is 2.30. The number of hydrogen-bond acceptors (Lipinski definition) is 1. The van der Waals surface area contributed by atoms with Gasteiger partial charge < -0.3 is 5.32 Å². The summed E-state index contributed by atoms with van der Waals surface area (Å²) in [5.41, 5.74) is 1.40. The van der Waals surface area contributed by atoms with Crippen LogP contribution in [0, 0.1) is 5.41 Å². The predicted octanol–water partition coefficient (Wildman–Crippen LogP) is 4.35. The van der Waals surface area contributed by atoms with Gasteiger partial charge in [0, 0.05) is 0 Å². The normalized spacial score (nSPS) is 28.9. The minimum atomic E-state index is -0.302. The molecule has 1 N–H and O–H groups in total. The first-order valence-corrected chi connectivity index (χ1v) is 8.42. The fourth-order valence-electron chi connectivity index (χ4n) is 3.68. The van der Waals surface area contributed by atoms with Crippen LogP contribution in [0.25, 0.3) is 0 Å². The highest BCUT2D eigenvalue weighted by Crippen LogP contribution is 2.69. The molecule has 0 unspecified atom stereocenters. The van der Waals surface area contributed by atoms with Gasteiger partial charge in [0.1, 0.15) is 4.32 Å². The van der Waals surface area contributed by atoms with Crippen LogP contribution in [0.3, 0.4) is 0 Å². The lowest BCUT2D eigenvalue weighted by atomic mass is 9.84. The molecule has 1 aromatic rings. The highest BCUT2D eigenvalue weighted by Gasteiger charge is 2.69. The number of carbonyl (C=O) groups is 1. The summed E-state index contributed by atoms with van der Waals surface area (Å²) in [6, 6.07) is 10.2. The third-order valence-corrected chi connectivity index (χ3v) is 6.60. The first-order chi connectivity index (χ1) is 9.57. The molecule has 3 heteroatoms. The van der Waals surface area contributed by atoms with Crippen molar-refractivity contribution in [3.8, 4) is 0 Å². The Bertz CT molecular complexity index is 495. The molecule has 0 heterocycles. The van der Waals surface area contributed by atoms with Gasteiger partial charge in [0.15, 0.2) is 0 Å². The Morgan fingerprint density at radius 3 is 2.50 bits per heavy atom. The first kappa shape index (κ1) is 14.1. The third-order valence-electron chi connectivity index (χ3n) is 5.12. The van der Waals surface area contributed by atoms with Crippen molar-refractivity contribution in [1.82, 2.24) is 5.32 Å². The number of halogens is 1. The summed E-state index contributed by atoms with van der Waals surface area (Å²) in [5, 5.41) is 3.18. The minimum absolute atomic E-state index is 0.0689. The maximum atomic E-state index is 12.6. The molecule has 0 aliphatic heterocycles. The van der Waals surface area contributed by atoms with E-state index in [9.17, 15) is 4.79 Å². The molecule has 1 spiro atoms. The highest BCUT2D eigenvalue weighted by molar-refractivity contribution is 9.10. The number of hydrogen-bond donors (Lipinski definition) is 1. The second-order valence-electron chi connectivity index (χ2n) is 6.42. The molecule has 20 heavy (non-hydrogen) atoms. The Morgan fingerprint density at radius 2 is 1.85 bits per heavy atom. The molecule has 2 aliphatic carbocycles. The summed E-state index contributed by atoms with van der Waals surface area (Å²) < 4.78 is -0.302. The summed E-state index contributed by atoms with van der Waals surface area (Å²) in [6.07, 6.45) is 7.28. The lowest BCUT2D eigenvalue weighted by Gasteiger charge is -2.26. The second kappa shape index (κ2) is 5.18. The van der Waals surface area contributed by atoms with Crippen LogP contribution in [0.5, 0.6) is 0 Å². The molecule has 0 saturated heterocycles. The standard InChI is InChI=1S/C17H22BrNO/c1-13(14-8-4-2-5-9-14)19-15(20)17(18)12-16(17)10-6-3-7-11-16/h2,4-5,8-9,13H,3,6-7,10-12H2,1H3,(H,19,20)/t13-,17-/m0/s1. The van der Waals surface area contributed by atoms with E-state index in [1.165, 1.54) is 32.1 Å². The summed E-state index contributed by atoms with van der Waals surface area (Å²) in [4.78, 5) is 12.6. The maximum absolute atomic E-state index is 12.6. The molecule has 2 fully saturated rings. The van der Waals surface area contributed by atoms with Gasteiger partial charge >= 0.3 is 0 Å². The van der Waals surface area contributed by atoms with Crippen molar-refractivity contribution in [2.24, 2.45) is 5.41 Å². The van der Waals surface area contributed by atoms with Gasteiger partial charge in [0.2, 0.25) is 5.91 Å². The largest absolute Gasteiger partial charge is 0.348 e. The number of alkyl halides is 1. The topological polar surface area (TPSA) is 29.1 Å². The lowest BCUT2D eigenvalue weighted by Crippen LogP contribution is -2.38. The summed E-state index contributed by atoms with van der Waals surface area (Å²) in [7, 11) is 0. The van der Waals surface area contributed by atoms with Crippen molar-refractivity contribution in [1.29, 1.82) is 0 Å². The van der Waals surface area contributed by atoms with Gasteiger partial charge in [-0.25, -0.2) is 0 Å². The van der Waals surface area contributed by atoms with Crippen molar-refractivity contribution in [3.05, 3.63) is 35.9 Å². The van der Waals surface area contributed by atoms with Crippen LogP contribution in [0.15, 0.2) is 30.3 Å². The van der Waals surface area contributed by atoms with Crippen molar-refractivity contribution in [3.63, 3.8) is 0 Å². The van der Waals surface area contributed by atoms with Gasteiger partial charge in [-0.2, -0.15) is 0 Å². The highest BCUT2D eigenvalue weighted by atomic mass is 79.9. The van der Waals surface area contributed by atoms with Crippen LogP contribution in [-0.2, 0) is 4.79 Å². The van der Waals surface area contributed by atoms with Gasteiger partial charge in [0.25, 0.3) is 0 Å².